The molecule has 3 N–H and O–H groups in total. The van der Waals surface area contributed by atoms with Crippen molar-refractivity contribution in [2.24, 2.45) is 0 Å². The van der Waals surface area contributed by atoms with Crippen LogP contribution in [0.1, 0.15) is 19.8 Å². The third-order valence-electron chi connectivity index (χ3n) is 2.67. The van der Waals surface area contributed by atoms with Crippen molar-refractivity contribution in [2.75, 3.05) is 7.05 Å². The lowest BCUT2D eigenvalue weighted by molar-refractivity contribution is -0.147. The monoisotopic (exact) mass is 257 g/mol. The van der Waals surface area contributed by atoms with Gasteiger partial charge in [0.15, 0.2) is 0 Å². The minimum Gasteiger partial charge on any atom is -0.480 e. The minimum atomic E-state index is -1.17. The van der Waals surface area contributed by atoms with Crippen molar-refractivity contribution in [1.82, 2.24) is 15.5 Å². The van der Waals surface area contributed by atoms with Crippen molar-refractivity contribution >= 4 is 23.8 Å². The third-order valence-corrected chi connectivity index (χ3v) is 2.67. The predicted octanol–water partition coefficient (Wildman–Crippen LogP) is -1.09. The van der Waals surface area contributed by atoms with E-state index in [1.807, 2.05) is 0 Å². The van der Waals surface area contributed by atoms with Crippen LogP contribution < -0.4 is 10.6 Å². The van der Waals surface area contributed by atoms with Crippen LogP contribution in [0.3, 0.4) is 0 Å². The van der Waals surface area contributed by atoms with Gasteiger partial charge in [0, 0.05) is 13.5 Å². The van der Waals surface area contributed by atoms with Gasteiger partial charge in [0.1, 0.15) is 12.1 Å². The SMILES string of the molecule is CC(NC(=O)NC1CCC(=O)N(C)C1=O)C(=O)O. The van der Waals surface area contributed by atoms with E-state index in [9.17, 15) is 19.2 Å². The maximum atomic E-state index is 11.6. The molecule has 4 amide bonds. The van der Waals surface area contributed by atoms with Gasteiger partial charge in [0.25, 0.3) is 5.91 Å². The van der Waals surface area contributed by atoms with Crippen LogP contribution in [-0.2, 0) is 14.4 Å². The lowest BCUT2D eigenvalue weighted by atomic mass is 10.1. The second-order valence-electron chi connectivity index (χ2n) is 4.06. The Balaban J connectivity index is 2.52. The van der Waals surface area contributed by atoms with Crippen LogP contribution in [0.4, 0.5) is 4.79 Å². The lowest BCUT2D eigenvalue weighted by Crippen LogP contribution is -2.56. The van der Waals surface area contributed by atoms with Gasteiger partial charge >= 0.3 is 12.0 Å². The van der Waals surface area contributed by atoms with E-state index in [0.29, 0.717) is 0 Å². The molecular weight excluding hydrogens is 242 g/mol. The summed E-state index contributed by atoms with van der Waals surface area (Å²) in [5.74, 6) is -1.96. The maximum Gasteiger partial charge on any atom is 0.325 e. The first-order valence-corrected chi connectivity index (χ1v) is 5.43. The Labute approximate surface area is 103 Å². The van der Waals surface area contributed by atoms with Gasteiger partial charge in [-0.05, 0) is 13.3 Å². The van der Waals surface area contributed by atoms with Gasteiger partial charge in [-0.1, -0.05) is 0 Å². The Hall–Kier alpha value is -2.12. The third kappa shape index (κ3) is 3.19. The van der Waals surface area contributed by atoms with Gasteiger partial charge in [0.05, 0.1) is 0 Å². The molecule has 0 bridgehead atoms. The van der Waals surface area contributed by atoms with E-state index in [-0.39, 0.29) is 18.7 Å². The van der Waals surface area contributed by atoms with Gasteiger partial charge < -0.3 is 15.7 Å². The number of carboxylic acids is 1. The summed E-state index contributed by atoms with van der Waals surface area (Å²) in [6.45, 7) is 1.31. The molecule has 2 atom stereocenters. The smallest absolute Gasteiger partial charge is 0.325 e. The molecule has 1 aliphatic rings. The molecule has 0 radical (unpaired) electrons. The zero-order valence-corrected chi connectivity index (χ0v) is 10.1. The topological polar surface area (TPSA) is 116 Å². The highest BCUT2D eigenvalue weighted by Crippen LogP contribution is 2.11. The number of carboxylic acid groups (broad SMARTS) is 1. The van der Waals surface area contributed by atoms with Crippen molar-refractivity contribution < 1.29 is 24.3 Å². The van der Waals surface area contributed by atoms with E-state index in [0.717, 1.165) is 4.90 Å². The lowest BCUT2D eigenvalue weighted by Gasteiger charge is -2.28. The summed E-state index contributed by atoms with van der Waals surface area (Å²) in [5, 5.41) is 13.1. The predicted molar refractivity (Wildman–Crippen MR) is 59.6 cm³/mol. The Morgan fingerprint density at radius 3 is 2.61 bits per heavy atom. The molecule has 0 aromatic carbocycles. The van der Waals surface area contributed by atoms with Crippen molar-refractivity contribution in [1.29, 1.82) is 0 Å². The molecule has 0 aromatic heterocycles. The van der Waals surface area contributed by atoms with Crippen LogP contribution in [-0.4, -0.2) is 53.0 Å². The average molecular weight is 257 g/mol. The molecule has 0 aromatic rings. The first-order chi connectivity index (χ1) is 8.32. The Bertz CT molecular complexity index is 395. The van der Waals surface area contributed by atoms with Crippen molar-refractivity contribution in [2.45, 2.75) is 31.8 Å². The number of carbonyl (C=O) groups is 4. The van der Waals surface area contributed by atoms with Crippen LogP contribution in [0.15, 0.2) is 0 Å². The van der Waals surface area contributed by atoms with Crippen LogP contribution >= 0.6 is 0 Å². The van der Waals surface area contributed by atoms with E-state index in [1.165, 1.54) is 14.0 Å². The Morgan fingerprint density at radius 1 is 1.44 bits per heavy atom. The second kappa shape index (κ2) is 5.48. The molecule has 2 unspecified atom stereocenters. The standard InChI is InChI=1S/C10H15N3O5/c1-5(9(16)17)11-10(18)12-6-3-4-7(14)13(2)8(6)15/h5-6H,3-4H2,1-2H3,(H,16,17)(H2,11,12,18). The van der Waals surface area contributed by atoms with Gasteiger partial charge in [-0.15, -0.1) is 0 Å². The summed E-state index contributed by atoms with van der Waals surface area (Å²) in [6.07, 6.45) is 0.387. The molecule has 100 valence electrons. The average Bonchev–Trinajstić information content (AvgIpc) is 2.29. The summed E-state index contributed by atoms with van der Waals surface area (Å²) in [6, 6.07) is -2.59. The molecule has 1 rings (SSSR count). The molecule has 0 saturated carbocycles. The molecule has 1 heterocycles. The Morgan fingerprint density at radius 2 is 2.06 bits per heavy atom. The number of likely N-dealkylation sites (tertiary alicyclic amines) is 1. The van der Waals surface area contributed by atoms with E-state index in [2.05, 4.69) is 10.6 Å². The van der Waals surface area contributed by atoms with Gasteiger partial charge in [-0.2, -0.15) is 0 Å². The molecule has 18 heavy (non-hydrogen) atoms. The number of urea groups is 1. The number of imide groups is 1. The first kappa shape index (κ1) is 13.9. The van der Waals surface area contributed by atoms with Crippen molar-refractivity contribution in [3.8, 4) is 0 Å². The van der Waals surface area contributed by atoms with E-state index in [1.54, 1.807) is 0 Å². The fourth-order valence-corrected chi connectivity index (χ4v) is 1.51. The number of piperidine rings is 1. The number of amides is 4. The molecule has 1 aliphatic heterocycles. The van der Waals surface area contributed by atoms with Crippen LogP contribution in [0.25, 0.3) is 0 Å². The second-order valence-corrected chi connectivity index (χ2v) is 4.06. The first-order valence-electron chi connectivity index (χ1n) is 5.43. The van der Waals surface area contributed by atoms with E-state index >= 15 is 0 Å². The minimum absolute atomic E-state index is 0.168. The molecule has 8 nitrogen and oxygen atoms in total. The van der Waals surface area contributed by atoms with Gasteiger partial charge in [-0.3, -0.25) is 19.3 Å². The summed E-state index contributed by atoms with van der Waals surface area (Å²) < 4.78 is 0. The van der Waals surface area contributed by atoms with E-state index < -0.39 is 30.0 Å². The van der Waals surface area contributed by atoms with Crippen molar-refractivity contribution in [3.63, 3.8) is 0 Å². The number of likely N-dealkylation sites (N-methyl/N-ethyl adjacent to an activating group) is 1. The van der Waals surface area contributed by atoms with Crippen LogP contribution in [0.2, 0.25) is 0 Å². The number of hydrogen-bond donors (Lipinski definition) is 3. The summed E-state index contributed by atoms with van der Waals surface area (Å²) in [7, 11) is 1.34. The summed E-state index contributed by atoms with van der Waals surface area (Å²) in [5.41, 5.74) is 0. The van der Waals surface area contributed by atoms with Crippen LogP contribution in [0, 0.1) is 0 Å². The quantitative estimate of drug-likeness (QED) is 0.555. The fourth-order valence-electron chi connectivity index (χ4n) is 1.51. The fraction of sp³-hybridized carbons (Fsp3) is 0.600. The largest absolute Gasteiger partial charge is 0.480 e. The number of hydrogen-bond acceptors (Lipinski definition) is 4. The number of carbonyl (C=O) groups excluding carboxylic acids is 3. The number of aliphatic carboxylic acids is 1. The normalized spacial score (nSPS) is 21.4. The molecule has 1 saturated heterocycles. The highest BCUT2D eigenvalue weighted by molar-refractivity contribution is 6.01. The molecule has 1 fully saturated rings. The number of nitrogens with one attached hydrogen (secondary N) is 2. The molecular formula is C10H15N3O5. The highest BCUT2D eigenvalue weighted by atomic mass is 16.4. The van der Waals surface area contributed by atoms with Gasteiger partial charge in [-0.25, -0.2) is 4.79 Å². The highest BCUT2D eigenvalue weighted by Gasteiger charge is 2.32. The molecule has 8 heteroatoms. The maximum absolute atomic E-state index is 11.6. The summed E-state index contributed by atoms with van der Waals surface area (Å²) >= 11 is 0. The van der Waals surface area contributed by atoms with Crippen LogP contribution in [0.5, 0.6) is 0 Å². The Kier molecular flexibility index (Phi) is 4.24. The number of rotatable bonds is 3. The zero-order valence-electron chi connectivity index (χ0n) is 10.1. The van der Waals surface area contributed by atoms with Gasteiger partial charge in [0.2, 0.25) is 5.91 Å². The zero-order chi connectivity index (χ0) is 13.9. The summed E-state index contributed by atoms with van der Waals surface area (Å²) in [4.78, 5) is 45.7. The molecule has 0 aliphatic carbocycles. The van der Waals surface area contributed by atoms with E-state index in [4.69, 9.17) is 5.11 Å². The van der Waals surface area contributed by atoms with Crippen molar-refractivity contribution in [3.05, 3.63) is 0 Å². The molecule has 0 spiro atoms. The number of nitrogens with zero attached hydrogens (tertiary/aromatic N) is 1.